The number of aldehydes is 1. The molecule has 0 radical (unpaired) electrons. The van der Waals surface area contributed by atoms with Crippen molar-refractivity contribution in [2.75, 3.05) is 0 Å². The fourth-order valence-corrected chi connectivity index (χ4v) is 2.07. The lowest BCUT2D eigenvalue weighted by Crippen LogP contribution is -2.03. The van der Waals surface area contributed by atoms with E-state index in [1.165, 1.54) is 6.07 Å². The van der Waals surface area contributed by atoms with E-state index in [1.54, 1.807) is 0 Å². The van der Waals surface area contributed by atoms with Gasteiger partial charge in [0.15, 0.2) is 6.29 Å². The van der Waals surface area contributed by atoms with Gasteiger partial charge in [0.2, 0.25) is 0 Å². The van der Waals surface area contributed by atoms with Crippen LogP contribution in [-0.4, -0.2) is 11.3 Å². The van der Waals surface area contributed by atoms with E-state index >= 15 is 0 Å². The topological polar surface area (TPSA) is 30.0 Å². The van der Waals surface area contributed by atoms with Gasteiger partial charge in [-0.05, 0) is 28.7 Å². The van der Waals surface area contributed by atoms with Crippen LogP contribution < -0.4 is 0 Å². The standard InChI is InChI=1S/C8H5BrF2INO/c9-2-6-5(3-14)4(8(10)11)1-7(12)13-6/h1,3,8H,2H2. The van der Waals surface area contributed by atoms with Crippen LogP contribution >= 0.6 is 38.5 Å². The van der Waals surface area contributed by atoms with Crippen LogP contribution in [0.15, 0.2) is 6.07 Å². The maximum atomic E-state index is 12.5. The highest BCUT2D eigenvalue weighted by molar-refractivity contribution is 14.1. The predicted molar refractivity (Wildman–Crippen MR) is 59.9 cm³/mol. The highest BCUT2D eigenvalue weighted by Crippen LogP contribution is 2.26. The number of rotatable bonds is 3. The Balaban J connectivity index is 3.39. The number of aromatic nitrogens is 1. The molecule has 0 aromatic carbocycles. The van der Waals surface area contributed by atoms with Crippen molar-refractivity contribution in [2.45, 2.75) is 11.8 Å². The Hall–Kier alpha value is -0.110. The minimum absolute atomic E-state index is 0.0164. The molecule has 0 fully saturated rings. The fourth-order valence-electron chi connectivity index (χ4n) is 1.01. The van der Waals surface area contributed by atoms with Crippen LogP contribution in [-0.2, 0) is 5.33 Å². The molecule has 1 aromatic heterocycles. The molecular formula is C8H5BrF2INO. The third-order valence-corrected chi connectivity index (χ3v) is 2.70. The highest BCUT2D eigenvalue weighted by atomic mass is 127. The summed E-state index contributed by atoms with van der Waals surface area (Å²) in [7, 11) is 0. The van der Waals surface area contributed by atoms with E-state index in [0.717, 1.165) is 0 Å². The van der Waals surface area contributed by atoms with Crippen molar-refractivity contribution in [3.63, 3.8) is 0 Å². The second-order valence-corrected chi connectivity index (χ2v) is 4.11. The normalized spacial score (nSPS) is 10.6. The third kappa shape index (κ3) is 2.47. The first-order valence-electron chi connectivity index (χ1n) is 3.58. The summed E-state index contributed by atoms with van der Waals surface area (Å²) in [5.41, 5.74) is 0.0772. The van der Waals surface area contributed by atoms with Crippen LogP contribution in [0.2, 0.25) is 0 Å². The van der Waals surface area contributed by atoms with Gasteiger partial charge in [-0.25, -0.2) is 13.8 Å². The first kappa shape index (κ1) is 12.0. The molecule has 0 spiro atoms. The molecule has 6 heteroatoms. The van der Waals surface area contributed by atoms with Crippen molar-refractivity contribution in [3.8, 4) is 0 Å². The van der Waals surface area contributed by atoms with Gasteiger partial charge < -0.3 is 0 Å². The number of pyridine rings is 1. The molecule has 0 saturated heterocycles. The van der Waals surface area contributed by atoms with Crippen molar-refractivity contribution in [1.82, 2.24) is 4.98 Å². The summed E-state index contributed by atoms with van der Waals surface area (Å²) >= 11 is 4.94. The van der Waals surface area contributed by atoms with E-state index in [9.17, 15) is 13.6 Å². The molecule has 0 N–H and O–H groups in total. The average molecular weight is 376 g/mol. The quantitative estimate of drug-likeness (QED) is 0.351. The van der Waals surface area contributed by atoms with Gasteiger partial charge in [0.25, 0.3) is 6.43 Å². The van der Waals surface area contributed by atoms with Crippen molar-refractivity contribution < 1.29 is 13.6 Å². The van der Waals surface area contributed by atoms with Crippen LogP contribution in [0.1, 0.15) is 28.0 Å². The SMILES string of the molecule is O=Cc1c(C(F)F)cc(I)nc1CBr. The van der Waals surface area contributed by atoms with Crippen LogP contribution in [0.3, 0.4) is 0 Å². The summed E-state index contributed by atoms with van der Waals surface area (Å²) in [5, 5.41) is 0.289. The van der Waals surface area contributed by atoms with Gasteiger partial charge in [-0.3, -0.25) is 4.79 Å². The van der Waals surface area contributed by atoms with E-state index in [2.05, 4.69) is 20.9 Å². The second kappa shape index (κ2) is 5.11. The highest BCUT2D eigenvalue weighted by Gasteiger charge is 2.17. The molecule has 76 valence electrons. The zero-order chi connectivity index (χ0) is 10.7. The summed E-state index contributed by atoms with van der Waals surface area (Å²) in [4.78, 5) is 14.6. The number of carbonyl (C=O) groups is 1. The lowest BCUT2D eigenvalue weighted by atomic mass is 10.1. The van der Waals surface area contributed by atoms with E-state index < -0.39 is 6.43 Å². The third-order valence-electron chi connectivity index (χ3n) is 1.62. The summed E-state index contributed by atoms with van der Waals surface area (Å²) < 4.78 is 25.5. The molecule has 0 atom stereocenters. The molecular weight excluding hydrogens is 371 g/mol. The number of carbonyl (C=O) groups excluding carboxylic acids is 1. The predicted octanol–water partition coefficient (Wildman–Crippen LogP) is 3.33. The molecule has 0 aliphatic rings. The Labute approximate surface area is 101 Å². The maximum absolute atomic E-state index is 12.5. The van der Waals surface area contributed by atoms with Gasteiger partial charge in [-0.2, -0.15) is 0 Å². The molecule has 1 rings (SSSR count). The monoisotopic (exact) mass is 375 g/mol. The Morgan fingerprint density at radius 1 is 1.64 bits per heavy atom. The second-order valence-electron chi connectivity index (χ2n) is 2.45. The van der Waals surface area contributed by atoms with Crippen LogP contribution in [0, 0.1) is 3.70 Å². The van der Waals surface area contributed by atoms with E-state index in [-0.39, 0.29) is 16.5 Å². The first-order chi connectivity index (χ1) is 6.60. The first-order valence-corrected chi connectivity index (χ1v) is 5.78. The van der Waals surface area contributed by atoms with Gasteiger partial charge in [-0.1, -0.05) is 15.9 Å². The molecule has 0 unspecified atom stereocenters. The minimum Gasteiger partial charge on any atom is -0.298 e. The van der Waals surface area contributed by atoms with E-state index in [4.69, 9.17) is 0 Å². The molecule has 14 heavy (non-hydrogen) atoms. The lowest BCUT2D eigenvalue weighted by Gasteiger charge is -2.07. The van der Waals surface area contributed by atoms with Crippen molar-refractivity contribution >= 4 is 44.8 Å². The average Bonchev–Trinajstić information content (AvgIpc) is 2.16. The molecule has 0 bridgehead atoms. The molecule has 2 nitrogen and oxygen atoms in total. The Morgan fingerprint density at radius 2 is 2.29 bits per heavy atom. The zero-order valence-electron chi connectivity index (χ0n) is 6.81. The Morgan fingerprint density at radius 3 is 2.71 bits per heavy atom. The summed E-state index contributed by atoms with van der Waals surface area (Å²) in [6.07, 6.45) is -2.23. The fraction of sp³-hybridized carbons (Fsp3) is 0.250. The van der Waals surface area contributed by atoms with Crippen LogP contribution in [0.25, 0.3) is 0 Å². The smallest absolute Gasteiger partial charge is 0.264 e. The lowest BCUT2D eigenvalue weighted by molar-refractivity contribution is 0.110. The number of hydrogen-bond donors (Lipinski definition) is 0. The van der Waals surface area contributed by atoms with Gasteiger partial charge in [0.05, 0.1) is 5.69 Å². The van der Waals surface area contributed by atoms with Crippen molar-refractivity contribution in [1.29, 1.82) is 0 Å². The largest absolute Gasteiger partial charge is 0.298 e. The van der Waals surface area contributed by atoms with Crippen LogP contribution in [0.5, 0.6) is 0 Å². The number of nitrogens with zero attached hydrogens (tertiary/aromatic N) is 1. The molecule has 0 amide bonds. The van der Waals surface area contributed by atoms with Gasteiger partial charge >= 0.3 is 0 Å². The minimum atomic E-state index is -2.65. The maximum Gasteiger partial charge on any atom is 0.264 e. The summed E-state index contributed by atoms with van der Waals surface area (Å²) in [5.74, 6) is 0. The summed E-state index contributed by atoms with van der Waals surface area (Å²) in [6.45, 7) is 0. The number of halogens is 4. The number of alkyl halides is 3. The van der Waals surface area contributed by atoms with E-state index in [1.807, 2.05) is 22.6 Å². The number of hydrogen-bond acceptors (Lipinski definition) is 2. The van der Waals surface area contributed by atoms with Gasteiger partial charge in [0, 0.05) is 16.5 Å². The molecule has 0 saturated carbocycles. The Bertz CT molecular complexity index is 359. The van der Waals surface area contributed by atoms with Crippen molar-refractivity contribution in [2.24, 2.45) is 0 Å². The van der Waals surface area contributed by atoms with Crippen molar-refractivity contribution in [3.05, 3.63) is 26.6 Å². The zero-order valence-corrected chi connectivity index (χ0v) is 10.5. The molecule has 1 aromatic rings. The Kier molecular flexibility index (Phi) is 4.36. The van der Waals surface area contributed by atoms with Gasteiger partial charge in [0.1, 0.15) is 3.70 Å². The summed E-state index contributed by atoms with van der Waals surface area (Å²) in [6, 6.07) is 1.22. The van der Waals surface area contributed by atoms with Gasteiger partial charge in [-0.15, -0.1) is 0 Å². The molecule has 0 aliphatic heterocycles. The molecule has 0 aliphatic carbocycles. The van der Waals surface area contributed by atoms with E-state index in [0.29, 0.717) is 15.7 Å². The molecule has 1 heterocycles. The van der Waals surface area contributed by atoms with Crippen LogP contribution in [0.4, 0.5) is 8.78 Å².